The van der Waals surface area contributed by atoms with Crippen LogP contribution >= 0.6 is 12.0 Å². The van der Waals surface area contributed by atoms with Crippen molar-refractivity contribution in [2.75, 3.05) is 0 Å². The summed E-state index contributed by atoms with van der Waals surface area (Å²) in [4.78, 5) is 11.3. The number of carbonyl (C=O) groups excluding carboxylic acids is 1. The first-order chi connectivity index (χ1) is 8.26. The van der Waals surface area contributed by atoms with Crippen molar-refractivity contribution < 1.29 is 22.5 Å². The first kappa shape index (κ1) is 19.1. The van der Waals surface area contributed by atoms with Crippen molar-refractivity contribution in [2.45, 2.75) is 20.0 Å². The zero-order chi connectivity index (χ0) is 14.6. The molecule has 18 heavy (non-hydrogen) atoms. The van der Waals surface area contributed by atoms with Crippen molar-refractivity contribution in [3.05, 3.63) is 47.9 Å². The van der Waals surface area contributed by atoms with E-state index >= 15 is 0 Å². The number of hydrogen-bond donors (Lipinski definition) is 1. The SMILES string of the molecule is C=C/C=C\C(=C/C)C(=O)/C=C/SO.CC(F)(F)F. The average molecular weight is 280 g/mol. The lowest BCUT2D eigenvalue weighted by Gasteiger charge is -1.92. The molecule has 2 nitrogen and oxygen atoms in total. The van der Waals surface area contributed by atoms with Gasteiger partial charge in [0.15, 0.2) is 5.78 Å². The molecule has 0 atom stereocenters. The van der Waals surface area contributed by atoms with Crippen LogP contribution in [0.1, 0.15) is 13.8 Å². The van der Waals surface area contributed by atoms with Crippen LogP contribution < -0.4 is 0 Å². The highest BCUT2D eigenvalue weighted by Crippen LogP contribution is 2.10. The first-order valence-electron chi connectivity index (χ1n) is 4.79. The number of alkyl halides is 3. The van der Waals surface area contributed by atoms with Gasteiger partial charge in [0, 0.05) is 29.9 Å². The summed E-state index contributed by atoms with van der Waals surface area (Å²) in [6.45, 7) is 5.47. The maximum absolute atomic E-state index is 11.3. The molecule has 0 aliphatic carbocycles. The summed E-state index contributed by atoms with van der Waals surface area (Å²) in [5.41, 5.74) is 0.574. The molecule has 0 aromatic carbocycles. The van der Waals surface area contributed by atoms with Gasteiger partial charge in [-0.2, -0.15) is 13.2 Å². The minimum atomic E-state index is -4.00. The minimum Gasteiger partial charge on any atom is -0.326 e. The third-order valence-corrected chi connectivity index (χ3v) is 1.55. The molecule has 0 saturated heterocycles. The summed E-state index contributed by atoms with van der Waals surface area (Å²) < 4.78 is 39.4. The smallest absolute Gasteiger partial charge is 0.326 e. The van der Waals surface area contributed by atoms with E-state index in [-0.39, 0.29) is 12.7 Å². The predicted octanol–water partition coefficient (Wildman–Crippen LogP) is 4.53. The molecule has 0 bridgehead atoms. The van der Waals surface area contributed by atoms with Crippen molar-refractivity contribution in [3.63, 3.8) is 0 Å². The molecule has 0 amide bonds. The van der Waals surface area contributed by atoms with E-state index in [9.17, 15) is 18.0 Å². The van der Waals surface area contributed by atoms with E-state index in [1.54, 1.807) is 31.2 Å². The normalized spacial score (nSPS) is 12.4. The zero-order valence-corrected chi connectivity index (χ0v) is 10.9. The summed E-state index contributed by atoms with van der Waals surface area (Å²) in [5, 5.41) is 1.33. The van der Waals surface area contributed by atoms with Crippen LogP contribution in [0.5, 0.6) is 0 Å². The Kier molecular flexibility index (Phi) is 11.5. The monoisotopic (exact) mass is 280 g/mol. The van der Waals surface area contributed by atoms with Crippen LogP contribution in [0.25, 0.3) is 0 Å². The molecule has 0 spiro atoms. The third kappa shape index (κ3) is 17.1. The van der Waals surface area contributed by atoms with Gasteiger partial charge in [-0.25, -0.2) is 0 Å². The highest BCUT2D eigenvalue weighted by Gasteiger charge is 2.15. The second-order valence-corrected chi connectivity index (χ2v) is 3.38. The molecule has 0 aliphatic heterocycles. The molecule has 1 N–H and O–H groups in total. The molecule has 102 valence electrons. The van der Waals surface area contributed by atoms with Crippen LogP contribution in [-0.2, 0) is 4.79 Å². The topological polar surface area (TPSA) is 37.3 Å². The summed E-state index contributed by atoms with van der Waals surface area (Å²) in [6, 6.07) is 0. The molecular weight excluding hydrogens is 265 g/mol. The van der Waals surface area contributed by atoms with Crippen molar-refractivity contribution in [3.8, 4) is 0 Å². The van der Waals surface area contributed by atoms with Gasteiger partial charge in [0.1, 0.15) is 0 Å². The summed E-state index contributed by atoms with van der Waals surface area (Å²) in [5.74, 6) is -0.137. The summed E-state index contributed by atoms with van der Waals surface area (Å²) in [7, 11) is 0. The van der Waals surface area contributed by atoms with Gasteiger partial charge in [-0.15, -0.1) is 0 Å². The Labute approximate surface area is 109 Å². The van der Waals surface area contributed by atoms with Gasteiger partial charge in [-0.3, -0.25) is 4.79 Å². The van der Waals surface area contributed by atoms with Crippen molar-refractivity contribution >= 4 is 17.8 Å². The van der Waals surface area contributed by atoms with Crippen molar-refractivity contribution in [2.24, 2.45) is 0 Å². The van der Waals surface area contributed by atoms with Gasteiger partial charge in [0.2, 0.25) is 0 Å². The number of carbonyl (C=O) groups is 1. The van der Waals surface area contributed by atoms with Crippen molar-refractivity contribution in [1.29, 1.82) is 0 Å². The standard InChI is InChI=1S/C10H12O2S.C2H3F3/c1-3-5-6-9(4-2)10(11)7-8-13-12;1-2(3,4)5/h3-8,12H,1H2,2H3;1H3/b6-5-,8-7+,9-4+;. The van der Waals surface area contributed by atoms with Crippen LogP contribution in [0, 0.1) is 0 Å². The Bertz CT molecular complexity index is 336. The maximum atomic E-state index is 11.3. The van der Waals surface area contributed by atoms with E-state index in [1.807, 2.05) is 0 Å². The fraction of sp³-hybridized carbons (Fsp3) is 0.250. The number of allylic oxidation sites excluding steroid dienone is 6. The summed E-state index contributed by atoms with van der Waals surface area (Å²) in [6.07, 6.45) is 3.97. The van der Waals surface area contributed by atoms with Gasteiger partial charge < -0.3 is 4.55 Å². The average Bonchev–Trinajstić information content (AvgIpc) is 2.25. The minimum absolute atomic E-state index is 0.137. The highest BCUT2D eigenvalue weighted by molar-refractivity contribution is 7.96. The Balaban J connectivity index is 0. The quantitative estimate of drug-likeness (QED) is 0.456. The molecule has 0 fully saturated rings. The Morgan fingerprint density at radius 2 is 1.83 bits per heavy atom. The van der Waals surface area contributed by atoms with Gasteiger partial charge in [0.05, 0.1) is 0 Å². The Morgan fingerprint density at radius 1 is 1.33 bits per heavy atom. The Hall–Kier alpha value is -1.27. The van der Waals surface area contributed by atoms with E-state index in [1.165, 1.54) is 11.5 Å². The van der Waals surface area contributed by atoms with Gasteiger partial charge in [-0.05, 0) is 13.0 Å². The van der Waals surface area contributed by atoms with Gasteiger partial charge in [-0.1, -0.05) is 30.9 Å². The van der Waals surface area contributed by atoms with E-state index < -0.39 is 6.18 Å². The lowest BCUT2D eigenvalue weighted by atomic mass is 10.1. The molecule has 0 aliphatic rings. The van der Waals surface area contributed by atoms with Crippen LogP contribution in [-0.4, -0.2) is 16.5 Å². The summed E-state index contributed by atoms with van der Waals surface area (Å²) >= 11 is 0.509. The number of ketones is 1. The molecule has 6 heteroatoms. The van der Waals surface area contributed by atoms with Crippen LogP contribution in [0.2, 0.25) is 0 Å². The lowest BCUT2D eigenvalue weighted by molar-refractivity contribution is -0.111. The van der Waals surface area contributed by atoms with E-state index in [2.05, 4.69) is 6.58 Å². The highest BCUT2D eigenvalue weighted by atomic mass is 32.2. The van der Waals surface area contributed by atoms with Gasteiger partial charge >= 0.3 is 6.18 Å². The molecule has 0 aromatic heterocycles. The largest absolute Gasteiger partial charge is 0.386 e. The maximum Gasteiger partial charge on any atom is 0.386 e. The second kappa shape index (κ2) is 10.9. The first-order valence-corrected chi connectivity index (χ1v) is 5.63. The van der Waals surface area contributed by atoms with Crippen molar-refractivity contribution in [1.82, 2.24) is 0 Å². The third-order valence-electron chi connectivity index (χ3n) is 1.29. The lowest BCUT2D eigenvalue weighted by Crippen LogP contribution is -1.95. The van der Waals surface area contributed by atoms with Crippen LogP contribution in [0.4, 0.5) is 13.2 Å². The fourth-order valence-electron chi connectivity index (χ4n) is 0.681. The van der Waals surface area contributed by atoms with E-state index in [0.717, 1.165) is 0 Å². The number of hydrogen-bond acceptors (Lipinski definition) is 3. The molecular formula is C12H15F3O2S. The predicted molar refractivity (Wildman–Crippen MR) is 69.2 cm³/mol. The zero-order valence-electron chi connectivity index (χ0n) is 10.1. The fourth-order valence-corrected chi connectivity index (χ4v) is 0.865. The van der Waals surface area contributed by atoms with E-state index in [4.69, 9.17) is 4.55 Å². The molecule has 0 saturated carbocycles. The molecule has 0 aromatic rings. The number of rotatable bonds is 5. The molecule has 0 radical (unpaired) electrons. The van der Waals surface area contributed by atoms with Gasteiger partial charge in [0.25, 0.3) is 0 Å². The van der Waals surface area contributed by atoms with E-state index in [0.29, 0.717) is 17.6 Å². The molecule has 0 unspecified atom stereocenters. The Morgan fingerprint density at radius 3 is 2.17 bits per heavy atom. The molecule has 0 heterocycles. The van der Waals surface area contributed by atoms with Crippen LogP contribution in [0.3, 0.4) is 0 Å². The second-order valence-electron chi connectivity index (χ2n) is 2.89. The molecule has 0 rings (SSSR count). The van der Waals surface area contributed by atoms with Crippen LogP contribution in [0.15, 0.2) is 47.9 Å². The number of halogens is 3.